The van der Waals surface area contributed by atoms with Gasteiger partial charge in [-0.05, 0) is 18.2 Å². The average molecular weight is 312 g/mol. The summed E-state index contributed by atoms with van der Waals surface area (Å²) in [6.45, 7) is 2.08. The van der Waals surface area contributed by atoms with E-state index < -0.39 is 0 Å². The first-order valence-corrected chi connectivity index (χ1v) is 7.01. The number of methoxy groups -OCH3 is 1. The maximum atomic E-state index is 12.4. The molecule has 1 aliphatic heterocycles. The normalized spacial score (nSPS) is 15.1. The number of hydrogen-bond acceptors (Lipinski definition) is 4. The molecular formula is C14H18ClN3O3. The summed E-state index contributed by atoms with van der Waals surface area (Å²) < 4.78 is 4.83. The van der Waals surface area contributed by atoms with Crippen LogP contribution >= 0.6 is 11.6 Å². The fourth-order valence-corrected chi connectivity index (χ4v) is 2.40. The number of carbonyl (C=O) groups is 2. The number of carbonyl (C=O) groups excluding carboxylic acids is 2. The van der Waals surface area contributed by atoms with E-state index in [-0.39, 0.29) is 18.4 Å². The standard InChI is InChI=1S/C14H18ClN3O3/c1-21-9-13(19)17-4-6-18(7-5-17)14(20)10-2-3-12(16)11(15)8-10/h2-3,8H,4-7,9,16H2,1H3. The molecule has 2 amide bonds. The minimum atomic E-state index is -0.101. The van der Waals surface area contributed by atoms with Gasteiger partial charge in [-0.1, -0.05) is 11.6 Å². The molecule has 0 radical (unpaired) electrons. The van der Waals surface area contributed by atoms with Crippen molar-refractivity contribution in [3.05, 3.63) is 28.8 Å². The summed E-state index contributed by atoms with van der Waals surface area (Å²) in [5.74, 6) is -0.157. The number of amides is 2. The SMILES string of the molecule is COCC(=O)N1CCN(C(=O)c2ccc(N)c(Cl)c2)CC1. The fraction of sp³-hybridized carbons (Fsp3) is 0.429. The predicted molar refractivity (Wildman–Crippen MR) is 80.2 cm³/mol. The fourth-order valence-electron chi connectivity index (χ4n) is 2.22. The van der Waals surface area contributed by atoms with Crippen molar-refractivity contribution in [1.29, 1.82) is 0 Å². The van der Waals surface area contributed by atoms with Gasteiger partial charge >= 0.3 is 0 Å². The molecule has 1 aromatic rings. The largest absolute Gasteiger partial charge is 0.398 e. The summed E-state index contributed by atoms with van der Waals surface area (Å²) in [5.41, 5.74) is 6.59. The summed E-state index contributed by atoms with van der Waals surface area (Å²) in [5, 5.41) is 0.370. The summed E-state index contributed by atoms with van der Waals surface area (Å²) >= 11 is 5.93. The topological polar surface area (TPSA) is 75.9 Å². The van der Waals surface area contributed by atoms with Gasteiger partial charge in [0.15, 0.2) is 0 Å². The quantitative estimate of drug-likeness (QED) is 0.840. The molecular weight excluding hydrogens is 294 g/mol. The monoisotopic (exact) mass is 311 g/mol. The Balaban J connectivity index is 1.97. The molecule has 6 nitrogen and oxygen atoms in total. The lowest BCUT2D eigenvalue weighted by Crippen LogP contribution is -2.51. The van der Waals surface area contributed by atoms with Crippen LogP contribution < -0.4 is 5.73 Å². The van der Waals surface area contributed by atoms with Crippen molar-refractivity contribution in [2.45, 2.75) is 0 Å². The van der Waals surface area contributed by atoms with Gasteiger partial charge < -0.3 is 20.3 Å². The molecule has 1 fully saturated rings. The van der Waals surface area contributed by atoms with Crippen LogP contribution in [-0.2, 0) is 9.53 Å². The Hall–Kier alpha value is -1.79. The van der Waals surface area contributed by atoms with Crippen LogP contribution in [-0.4, -0.2) is 61.5 Å². The summed E-state index contributed by atoms with van der Waals surface area (Å²) in [7, 11) is 1.49. The van der Waals surface area contributed by atoms with Crippen molar-refractivity contribution in [3.8, 4) is 0 Å². The van der Waals surface area contributed by atoms with Gasteiger partial charge in [0.05, 0.1) is 10.7 Å². The molecule has 0 bridgehead atoms. The molecule has 0 aromatic heterocycles. The molecule has 0 unspecified atom stereocenters. The van der Waals surface area contributed by atoms with Crippen LogP contribution in [0.3, 0.4) is 0 Å². The van der Waals surface area contributed by atoms with Gasteiger partial charge in [-0.3, -0.25) is 9.59 Å². The number of rotatable bonds is 3. The van der Waals surface area contributed by atoms with E-state index in [2.05, 4.69) is 0 Å². The number of anilines is 1. The Morgan fingerprint density at radius 2 is 1.86 bits per heavy atom. The van der Waals surface area contributed by atoms with Crippen molar-refractivity contribution in [2.75, 3.05) is 45.6 Å². The minimum Gasteiger partial charge on any atom is -0.398 e. The van der Waals surface area contributed by atoms with Crippen molar-refractivity contribution in [3.63, 3.8) is 0 Å². The zero-order valence-corrected chi connectivity index (χ0v) is 12.6. The van der Waals surface area contributed by atoms with E-state index in [0.29, 0.717) is 42.5 Å². The van der Waals surface area contributed by atoms with Crippen LogP contribution in [0.25, 0.3) is 0 Å². The molecule has 2 N–H and O–H groups in total. The van der Waals surface area contributed by atoms with Gasteiger partial charge in [0.25, 0.3) is 5.91 Å². The van der Waals surface area contributed by atoms with Crippen LogP contribution in [0.5, 0.6) is 0 Å². The third kappa shape index (κ3) is 3.65. The van der Waals surface area contributed by atoms with Crippen molar-refractivity contribution in [1.82, 2.24) is 9.80 Å². The van der Waals surface area contributed by atoms with E-state index in [1.165, 1.54) is 7.11 Å². The number of hydrogen-bond donors (Lipinski definition) is 1. The zero-order valence-electron chi connectivity index (χ0n) is 11.8. The van der Waals surface area contributed by atoms with Gasteiger partial charge in [0, 0.05) is 38.9 Å². The highest BCUT2D eigenvalue weighted by Gasteiger charge is 2.24. The molecule has 1 aliphatic rings. The number of nitrogen functional groups attached to an aromatic ring is 1. The van der Waals surface area contributed by atoms with Crippen LogP contribution in [0.1, 0.15) is 10.4 Å². The first kappa shape index (κ1) is 15.6. The Morgan fingerprint density at radius 3 is 2.43 bits per heavy atom. The molecule has 7 heteroatoms. The highest BCUT2D eigenvalue weighted by atomic mass is 35.5. The first-order chi connectivity index (χ1) is 10.0. The molecule has 0 spiro atoms. The lowest BCUT2D eigenvalue weighted by Gasteiger charge is -2.34. The van der Waals surface area contributed by atoms with Crippen LogP contribution in [0.15, 0.2) is 18.2 Å². The first-order valence-electron chi connectivity index (χ1n) is 6.64. The average Bonchev–Trinajstić information content (AvgIpc) is 2.50. The van der Waals surface area contributed by atoms with E-state index in [4.69, 9.17) is 22.1 Å². The van der Waals surface area contributed by atoms with Gasteiger partial charge in [0.2, 0.25) is 5.91 Å². The van der Waals surface area contributed by atoms with E-state index in [1.807, 2.05) is 0 Å². The third-order valence-electron chi connectivity index (χ3n) is 3.43. The van der Waals surface area contributed by atoms with Crippen LogP contribution in [0.2, 0.25) is 5.02 Å². The molecule has 0 atom stereocenters. The van der Waals surface area contributed by atoms with Crippen LogP contribution in [0, 0.1) is 0 Å². The number of piperazine rings is 1. The third-order valence-corrected chi connectivity index (χ3v) is 3.76. The smallest absolute Gasteiger partial charge is 0.254 e. The van der Waals surface area contributed by atoms with Gasteiger partial charge in [-0.2, -0.15) is 0 Å². The van der Waals surface area contributed by atoms with E-state index >= 15 is 0 Å². The maximum absolute atomic E-state index is 12.4. The van der Waals surface area contributed by atoms with E-state index in [9.17, 15) is 9.59 Å². The van der Waals surface area contributed by atoms with Crippen LogP contribution in [0.4, 0.5) is 5.69 Å². The Bertz CT molecular complexity index is 542. The van der Waals surface area contributed by atoms with Crippen molar-refractivity contribution in [2.24, 2.45) is 0 Å². The molecule has 2 rings (SSSR count). The second-order valence-electron chi connectivity index (χ2n) is 4.84. The van der Waals surface area contributed by atoms with Gasteiger partial charge in [-0.15, -0.1) is 0 Å². The Labute approximate surface area is 128 Å². The van der Waals surface area contributed by atoms with Crippen molar-refractivity contribution < 1.29 is 14.3 Å². The molecule has 1 saturated heterocycles. The second-order valence-corrected chi connectivity index (χ2v) is 5.25. The maximum Gasteiger partial charge on any atom is 0.254 e. The number of nitrogens with zero attached hydrogens (tertiary/aromatic N) is 2. The van der Waals surface area contributed by atoms with Gasteiger partial charge in [0.1, 0.15) is 6.61 Å². The predicted octanol–water partition coefficient (Wildman–Crippen LogP) is 0.853. The lowest BCUT2D eigenvalue weighted by molar-refractivity contribution is -0.136. The van der Waals surface area contributed by atoms with E-state index in [0.717, 1.165) is 0 Å². The molecule has 0 saturated carbocycles. The number of benzene rings is 1. The van der Waals surface area contributed by atoms with E-state index in [1.54, 1.807) is 28.0 Å². The van der Waals surface area contributed by atoms with Crippen molar-refractivity contribution >= 4 is 29.1 Å². The number of halogens is 1. The summed E-state index contributed by atoms with van der Waals surface area (Å²) in [6.07, 6.45) is 0. The lowest BCUT2D eigenvalue weighted by atomic mass is 10.1. The Kier molecular flexibility index (Phi) is 5.03. The number of nitrogens with two attached hydrogens (primary N) is 1. The molecule has 1 aromatic carbocycles. The second kappa shape index (κ2) is 6.78. The molecule has 114 valence electrons. The molecule has 21 heavy (non-hydrogen) atoms. The minimum absolute atomic E-state index is 0.0554. The zero-order chi connectivity index (χ0) is 15.4. The highest BCUT2D eigenvalue weighted by Crippen LogP contribution is 2.21. The van der Waals surface area contributed by atoms with Gasteiger partial charge in [-0.25, -0.2) is 0 Å². The molecule has 0 aliphatic carbocycles. The summed E-state index contributed by atoms with van der Waals surface area (Å²) in [6, 6.07) is 4.85. The number of ether oxygens (including phenoxy) is 1. The molecule has 1 heterocycles. The highest BCUT2D eigenvalue weighted by molar-refractivity contribution is 6.33. The Morgan fingerprint density at radius 1 is 1.24 bits per heavy atom. The summed E-state index contributed by atoms with van der Waals surface area (Å²) in [4.78, 5) is 27.5.